The molecule has 0 saturated heterocycles. The Hall–Kier alpha value is -2.51. The molecule has 2 aromatic rings. The topological polar surface area (TPSA) is 56.2 Å². The quantitative estimate of drug-likeness (QED) is 0.894. The van der Waals surface area contributed by atoms with Gasteiger partial charge in [0.15, 0.2) is 0 Å². The number of rotatable bonds is 4. The molecule has 26 heavy (non-hydrogen) atoms. The Balaban J connectivity index is 1.86. The lowest BCUT2D eigenvalue weighted by Crippen LogP contribution is -2.32. The van der Waals surface area contributed by atoms with Crippen LogP contribution in [0.25, 0.3) is 0 Å². The van der Waals surface area contributed by atoms with Crippen LogP contribution in [0, 0.1) is 5.92 Å². The number of halogens is 3. The van der Waals surface area contributed by atoms with Crippen molar-refractivity contribution in [3.8, 4) is 5.88 Å². The van der Waals surface area contributed by atoms with Crippen molar-refractivity contribution in [2.75, 3.05) is 6.61 Å². The first-order valence-corrected chi connectivity index (χ1v) is 8.44. The van der Waals surface area contributed by atoms with Crippen molar-refractivity contribution in [1.29, 1.82) is 0 Å². The zero-order valence-electron chi connectivity index (χ0n) is 14.5. The average Bonchev–Trinajstić information content (AvgIpc) is 3.03. The molecule has 0 saturated carbocycles. The minimum Gasteiger partial charge on any atom is -0.477 e. The van der Waals surface area contributed by atoms with Crippen molar-refractivity contribution in [3.05, 3.63) is 47.2 Å². The molecule has 1 aliphatic rings. The summed E-state index contributed by atoms with van der Waals surface area (Å²) in [5.41, 5.74) is -0.0337. The number of hydrogen-bond acceptors (Lipinski definition) is 3. The van der Waals surface area contributed by atoms with Gasteiger partial charge in [-0.05, 0) is 23.6 Å². The first-order chi connectivity index (χ1) is 12.3. The van der Waals surface area contributed by atoms with Crippen LogP contribution in [0.5, 0.6) is 5.88 Å². The lowest BCUT2D eigenvalue weighted by Gasteiger charge is -2.24. The van der Waals surface area contributed by atoms with E-state index in [4.69, 9.17) is 4.74 Å². The van der Waals surface area contributed by atoms with Gasteiger partial charge < -0.3 is 10.1 Å². The fourth-order valence-corrected chi connectivity index (χ4v) is 2.99. The van der Waals surface area contributed by atoms with E-state index >= 15 is 0 Å². The summed E-state index contributed by atoms with van der Waals surface area (Å²) in [6, 6.07) is 4.47. The molecule has 1 N–H and O–H groups in total. The largest absolute Gasteiger partial charge is 0.477 e. The third-order valence-corrected chi connectivity index (χ3v) is 4.32. The predicted molar refractivity (Wildman–Crippen MR) is 88.8 cm³/mol. The molecule has 140 valence electrons. The Kier molecular flexibility index (Phi) is 4.93. The molecular weight excluding hydrogens is 347 g/mol. The van der Waals surface area contributed by atoms with E-state index in [-0.39, 0.29) is 5.92 Å². The number of amides is 1. The molecule has 1 aliphatic heterocycles. The number of alkyl halides is 3. The van der Waals surface area contributed by atoms with Crippen molar-refractivity contribution < 1.29 is 22.7 Å². The number of benzene rings is 1. The third-order valence-electron chi connectivity index (χ3n) is 4.32. The third kappa shape index (κ3) is 3.68. The highest BCUT2D eigenvalue weighted by Crippen LogP contribution is 2.32. The Morgan fingerprint density at radius 3 is 2.81 bits per heavy atom. The van der Waals surface area contributed by atoms with Gasteiger partial charge in [-0.1, -0.05) is 26.0 Å². The van der Waals surface area contributed by atoms with Gasteiger partial charge in [0.1, 0.15) is 5.56 Å². The Labute approximate surface area is 149 Å². The molecule has 2 heterocycles. The molecular formula is C18H20F3N3O2. The summed E-state index contributed by atoms with van der Waals surface area (Å²) >= 11 is 0. The summed E-state index contributed by atoms with van der Waals surface area (Å²) in [6.07, 6.45) is -2.19. The summed E-state index contributed by atoms with van der Waals surface area (Å²) < 4.78 is 46.1. The van der Waals surface area contributed by atoms with Gasteiger partial charge in [-0.25, -0.2) is 4.68 Å². The molecule has 0 bridgehead atoms. The van der Waals surface area contributed by atoms with E-state index in [1.54, 1.807) is 10.7 Å². The summed E-state index contributed by atoms with van der Waals surface area (Å²) in [5.74, 6) is -0.112. The fraction of sp³-hybridized carbons (Fsp3) is 0.444. The number of carbonyl (C=O) groups excluding carboxylic acids is 1. The van der Waals surface area contributed by atoms with Crippen LogP contribution in [0.3, 0.4) is 0 Å². The summed E-state index contributed by atoms with van der Waals surface area (Å²) in [4.78, 5) is 12.7. The minimum absolute atomic E-state index is 0.102. The van der Waals surface area contributed by atoms with Crippen molar-refractivity contribution in [3.63, 3.8) is 0 Å². The molecule has 3 rings (SSSR count). The number of carbonyl (C=O) groups is 1. The molecule has 1 unspecified atom stereocenters. The maximum atomic E-state index is 13.0. The van der Waals surface area contributed by atoms with Crippen LogP contribution < -0.4 is 10.1 Å². The Morgan fingerprint density at radius 2 is 2.12 bits per heavy atom. The van der Waals surface area contributed by atoms with E-state index in [1.807, 2.05) is 13.8 Å². The van der Waals surface area contributed by atoms with Gasteiger partial charge in [0.25, 0.3) is 5.91 Å². The summed E-state index contributed by atoms with van der Waals surface area (Å²) in [7, 11) is 0. The second-order valence-electron chi connectivity index (χ2n) is 6.61. The van der Waals surface area contributed by atoms with E-state index in [0.29, 0.717) is 30.2 Å². The van der Waals surface area contributed by atoms with Crippen molar-refractivity contribution in [2.45, 2.75) is 39.0 Å². The second kappa shape index (κ2) is 7.01. The van der Waals surface area contributed by atoms with Gasteiger partial charge >= 0.3 is 6.18 Å². The monoisotopic (exact) mass is 367 g/mol. The SMILES string of the molecule is CC(C)C(NC(=O)c1cnn2c1OCCC2)c1cccc(C(F)(F)F)c1. The first kappa shape index (κ1) is 18.3. The number of fused-ring (bicyclic) bond motifs is 1. The van der Waals surface area contributed by atoms with E-state index in [2.05, 4.69) is 10.4 Å². The number of aromatic nitrogens is 2. The van der Waals surface area contributed by atoms with Crippen LogP contribution in [0.2, 0.25) is 0 Å². The number of hydrogen-bond donors (Lipinski definition) is 1. The molecule has 0 fully saturated rings. The van der Waals surface area contributed by atoms with Gasteiger partial charge in [0.05, 0.1) is 24.4 Å². The lowest BCUT2D eigenvalue weighted by atomic mass is 9.94. The highest BCUT2D eigenvalue weighted by atomic mass is 19.4. The molecule has 8 heteroatoms. The molecule has 1 atom stereocenters. The highest BCUT2D eigenvalue weighted by Gasteiger charge is 2.32. The van der Waals surface area contributed by atoms with Gasteiger partial charge in [0, 0.05) is 13.0 Å². The smallest absolute Gasteiger partial charge is 0.416 e. The van der Waals surface area contributed by atoms with Gasteiger partial charge in [-0.15, -0.1) is 0 Å². The molecule has 0 spiro atoms. The molecule has 1 aromatic carbocycles. The zero-order chi connectivity index (χ0) is 18.9. The predicted octanol–water partition coefficient (Wildman–Crippen LogP) is 3.81. The lowest BCUT2D eigenvalue weighted by molar-refractivity contribution is -0.137. The van der Waals surface area contributed by atoms with Crippen LogP contribution in [0.4, 0.5) is 13.2 Å². The van der Waals surface area contributed by atoms with Gasteiger partial charge in [-0.3, -0.25) is 4.79 Å². The number of nitrogens with one attached hydrogen (secondary N) is 1. The van der Waals surface area contributed by atoms with E-state index in [0.717, 1.165) is 18.6 Å². The summed E-state index contributed by atoms with van der Waals surface area (Å²) in [6.45, 7) is 4.86. The average molecular weight is 367 g/mol. The second-order valence-corrected chi connectivity index (χ2v) is 6.61. The molecule has 0 aliphatic carbocycles. The van der Waals surface area contributed by atoms with Crippen molar-refractivity contribution in [2.24, 2.45) is 5.92 Å². The Morgan fingerprint density at radius 1 is 1.35 bits per heavy atom. The van der Waals surface area contributed by atoms with E-state index in [9.17, 15) is 18.0 Å². The normalized spacial score (nSPS) is 15.3. The number of ether oxygens (including phenoxy) is 1. The molecule has 5 nitrogen and oxygen atoms in total. The van der Waals surface area contributed by atoms with E-state index in [1.165, 1.54) is 12.3 Å². The molecule has 1 aromatic heterocycles. The zero-order valence-corrected chi connectivity index (χ0v) is 14.5. The van der Waals surface area contributed by atoms with Gasteiger partial charge in [0.2, 0.25) is 5.88 Å². The number of aryl methyl sites for hydroxylation is 1. The van der Waals surface area contributed by atoms with E-state index < -0.39 is 23.7 Å². The highest BCUT2D eigenvalue weighted by molar-refractivity contribution is 5.96. The number of nitrogens with zero attached hydrogens (tertiary/aromatic N) is 2. The van der Waals surface area contributed by atoms with Crippen LogP contribution in [-0.2, 0) is 12.7 Å². The standard InChI is InChI=1S/C18H20F3N3O2/c1-11(2)15(12-5-3-6-13(9-12)18(19,20)21)23-16(25)14-10-22-24-7-4-8-26-17(14)24/h3,5-6,9-11,15H,4,7-8H2,1-2H3,(H,23,25). The van der Waals surface area contributed by atoms with Crippen molar-refractivity contribution in [1.82, 2.24) is 15.1 Å². The fourth-order valence-electron chi connectivity index (χ4n) is 2.99. The maximum Gasteiger partial charge on any atom is 0.416 e. The van der Waals surface area contributed by atoms with Crippen LogP contribution in [0.1, 0.15) is 47.8 Å². The Bertz CT molecular complexity index is 799. The van der Waals surface area contributed by atoms with Crippen molar-refractivity contribution >= 4 is 5.91 Å². The summed E-state index contributed by atoms with van der Waals surface area (Å²) in [5, 5.41) is 6.96. The first-order valence-electron chi connectivity index (χ1n) is 8.44. The molecule has 1 amide bonds. The van der Waals surface area contributed by atoms with Gasteiger partial charge in [-0.2, -0.15) is 18.3 Å². The van der Waals surface area contributed by atoms with Crippen LogP contribution >= 0.6 is 0 Å². The van der Waals surface area contributed by atoms with Crippen LogP contribution in [-0.4, -0.2) is 22.3 Å². The molecule has 0 radical (unpaired) electrons. The van der Waals surface area contributed by atoms with Crippen LogP contribution in [0.15, 0.2) is 30.5 Å². The maximum absolute atomic E-state index is 13.0. The minimum atomic E-state index is -4.43.